The van der Waals surface area contributed by atoms with Gasteiger partial charge in [-0.05, 0) is 12.1 Å². The lowest BCUT2D eigenvalue weighted by Crippen LogP contribution is -1.56. The minimum atomic E-state index is -2.43. The molecule has 0 atom stereocenters. The van der Waals surface area contributed by atoms with Crippen molar-refractivity contribution in [3.63, 3.8) is 0 Å². The van der Waals surface area contributed by atoms with Crippen molar-refractivity contribution in [3.05, 3.63) is 30.3 Å². The molecular formula is C6H10ClO4P. The average molecular weight is 214 g/mol. The highest BCUT2D eigenvalue weighted by Crippen LogP contribution is 2.11. The zero-order valence-corrected chi connectivity index (χ0v) is 7.70. The fourth-order valence-corrected chi connectivity index (χ4v) is 0.428. The molecule has 0 aliphatic heterocycles. The summed E-state index contributed by atoms with van der Waals surface area (Å²) >= 11 is 0. The molecule has 0 bridgehead atoms. The van der Waals surface area contributed by atoms with Crippen LogP contribution in [0.1, 0.15) is 0 Å². The lowest BCUT2D eigenvalue weighted by atomic mass is 10.3. The van der Waals surface area contributed by atoms with Crippen LogP contribution in [-0.4, -0.2) is 21.2 Å². The molecule has 0 aromatic heterocycles. The van der Waals surface area contributed by atoms with Crippen molar-refractivity contribution in [1.29, 1.82) is 1.43 Å². The summed E-state index contributed by atoms with van der Waals surface area (Å²) in [6.07, 6.45) is 0. The first kappa shape index (κ1) is 11.6. The molecule has 0 amide bonds. The Morgan fingerprint density at radius 1 is 1.17 bits per heavy atom. The molecular weight excluding hydrogens is 202 g/mol. The third-order valence-corrected chi connectivity index (χ3v) is 0.756. The maximum absolute atomic E-state index is 8.63. The van der Waals surface area contributed by atoms with E-state index in [4.69, 9.17) is 16.3 Å². The Balaban J connectivity index is 0. The number of halogens is 1. The van der Waals surface area contributed by atoms with Gasteiger partial charge in [-0.15, -0.1) is 12.4 Å². The van der Waals surface area contributed by atoms with Gasteiger partial charge in [0, 0.05) is 0 Å². The maximum Gasteiger partial charge on any atom is 0.324 e. The molecule has 4 N–H and O–H groups in total. The topological polar surface area (TPSA) is 80.9 Å². The first-order valence-corrected chi connectivity index (χ1v) is 3.88. The fourth-order valence-electron chi connectivity index (χ4n) is 0.428. The molecule has 1 rings (SSSR count). The Bertz CT molecular complexity index is 199. The molecule has 0 saturated carbocycles. The van der Waals surface area contributed by atoms with Crippen LogP contribution < -0.4 is 0 Å². The summed E-state index contributed by atoms with van der Waals surface area (Å²) in [4.78, 5) is 18.3. The molecule has 0 heterocycles. The van der Waals surface area contributed by atoms with Gasteiger partial charge in [-0.2, -0.15) is 0 Å². The molecule has 70 valence electrons. The Morgan fingerprint density at radius 2 is 1.58 bits per heavy atom. The number of phenols is 1. The minimum Gasteiger partial charge on any atom is -0.508 e. The second kappa shape index (κ2) is 8.71. The van der Waals surface area contributed by atoms with Crippen LogP contribution in [0.15, 0.2) is 30.3 Å². The summed E-state index contributed by atoms with van der Waals surface area (Å²) in [6.45, 7) is 0. The van der Waals surface area contributed by atoms with Gasteiger partial charge in [-0.1, -0.05) is 18.2 Å². The largest absolute Gasteiger partial charge is 0.508 e. The van der Waals surface area contributed by atoms with Crippen molar-refractivity contribution in [2.24, 2.45) is 0 Å². The lowest BCUT2D eigenvalue weighted by Gasteiger charge is -1.82. The summed E-state index contributed by atoms with van der Waals surface area (Å²) in [5, 5.41) is 8.63. The van der Waals surface area contributed by atoms with Crippen molar-refractivity contribution < 1.29 is 19.8 Å². The van der Waals surface area contributed by atoms with E-state index in [2.05, 4.69) is 4.90 Å². The monoisotopic (exact) mass is 213 g/mol. The predicted octanol–water partition coefficient (Wildman–Crippen LogP) is 1.00. The first-order chi connectivity index (χ1) is 5.66. The molecule has 1 aromatic carbocycles. The standard InChI is InChI=1S/C6H6O.ClH.H3O3P/c7-6-4-2-1-3-5-6;;1-4(2)3/h1-5,7H;1H;1-3H/i;;1D. The molecule has 0 fully saturated rings. The van der Waals surface area contributed by atoms with E-state index in [0.717, 1.165) is 0 Å². The summed E-state index contributed by atoms with van der Waals surface area (Å²) in [7, 11) is -2.43. The summed E-state index contributed by atoms with van der Waals surface area (Å²) in [6, 6.07) is 8.71. The highest BCUT2D eigenvalue weighted by Gasteiger charge is 1.76. The number of para-hydroxylation sites is 1. The van der Waals surface area contributed by atoms with Crippen LogP contribution in [-0.2, 0) is 0 Å². The molecule has 6 heteroatoms. The van der Waals surface area contributed by atoms with E-state index in [9.17, 15) is 0 Å². The fraction of sp³-hybridized carbons (Fsp3) is 0. The Hall–Kier alpha value is -0.380. The van der Waals surface area contributed by atoms with Gasteiger partial charge >= 0.3 is 8.60 Å². The highest BCUT2D eigenvalue weighted by atomic mass is 35.5. The van der Waals surface area contributed by atoms with Gasteiger partial charge < -0.3 is 19.8 Å². The first-order valence-electron chi connectivity index (χ1n) is 3.13. The molecule has 0 aliphatic rings. The van der Waals surface area contributed by atoms with E-state index in [1.54, 1.807) is 24.3 Å². The minimum absolute atomic E-state index is 0. The van der Waals surface area contributed by atoms with Gasteiger partial charge in [0.05, 0.1) is 0 Å². The van der Waals surface area contributed by atoms with E-state index < -0.39 is 8.60 Å². The van der Waals surface area contributed by atoms with E-state index in [0.29, 0.717) is 5.75 Å². The van der Waals surface area contributed by atoms with Crippen molar-refractivity contribution in [3.8, 4) is 5.75 Å². The van der Waals surface area contributed by atoms with Crippen LogP contribution in [0.4, 0.5) is 0 Å². The Kier molecular flexibility index (Phi) is 8.44. The van der Waals surface area contributed by atoms with E-state index >= 15 is 0 Å². The van der Waals surface area contributed by atoms with Crippen LogP contribution in [0.25, 0.3) is 0 Å². The summed E-state index contributed by atoms with van der Waals surface area (Å²) < 4.78 is 5.69. The van der Waals surface area contributed by atoms with Gasteiger partial charge in [0.15, 0.2) is 0 Å². The molecule has 1 aromatic rings. The molecule has 0 unspecified atom stereocenters. The number of benzene rings is 1. The number of hydrogen-bond acceptors (Lipinski definition) is 4. The van der Waals surface area contributed by atoms with E-state index in [-0.39, 0.29) is 12.4 Å². The van der Waals surface area contributed by atoms with Crippen molar-refractivity contribution >= 4 is 21.0 Å². The number of hydrogen-bond donors (Lipinski definition) is 4. The predicted molar refractivity (Wildman–Crippen MR) is 48.9 cm³/mol. The van der Waals surface area contributed by atoms with Crippen LogP contribution in [0.2, 0.25) is 0 Å². The molecule has 12 heavy (non-hydrogen) atoms. The third kappa shape index (κ3) is 12.3. The van der Waals surface area contributed by atoms with Crippen LogP contribution in [0.5, 0.6) is 5.75 Å². The number of rotatable bonds is 1. The Labute approximate surface area is 79.0 Å². The average Bonchev–Trinajstić information content (AvgIpc) is 2.07. The number of aromatic hydroxyl groups is 1. The van der Waals surface area contributed by atoms with Crippen molar-refractivity contribution in [1.82, 2.24) is 0 Å². The van der Waals surface area contributed by atoms with Crippen LogP contribution in [0, 0.1) is 0 Å². The lowest BCUT2D eigenvalue weighted by molar-refractivity contribution is 0.368. The molecule has 0 aliphatic carbocycles. The second-order valence-electron chi connectivity index (χ2n) is 1.59. The molecule has 0 radical (unpaired) electrons. The van der Waals surface area contributed by atoms with Gasteiger partial charge in [0.25, 0.3) is 0 Å². The van der Waals surface area contributed by atoms with Crippen LogP contribution >= 0.6 is 21.0 Å². The zero-order chi connectivity index (χ0) is 9.40. The highest BCUT2D eigenvalue weighted by molar-refractivity contribution is 7.38. The summed E-state index contributed by atoms with van der Waals surface area (Å²) in [5.41, 5.74) is 0. The molecule has 0 saturated heterocycles. The van der Waals surface area contributed by atoms with Gasteiger partial charge in [0.1, 0.15) is 5.75 Å². The van der Waals surface area contributed by atoms with Gasteiger partial charge in [0.2, 0.25) is 1.43 Å². The Morgan fingerprint density at radius 3 is 1.75 bits per heavy atom. The number of phenolic OH excluding ortho intramolecular Hbond substituents is 1. The summed E-state index contributed by atoms with van der Waals surface area (Å²) in [5.74, 6) is 0.322. The smallest absolute Gasteiger partial charge is 0.324 e. The van der Waals surface area contributed by atoms with Crippen molar-refractivity contribution in [2.45, 2.75) is 0 Å². The maximum atomic E-state index is 8.63. The molecule has 0 spiro atoms. The van der Waals surface area contributed by atoms with Crippen molar-refractivity contribution in [2.75, 3.05) is 0 Å². The SMILES string of the molecule is Cl.Oc1ccccc1.[2H]OP(O)O. The third-order valence-electron chi connectivity index (χ3n) is 0.756. The van der Waals surface area contributed by atoms with E-state index in [1.165, 1.54) is 0 Å². The van der Waals surface area contributed by atoms with Gasteiger partial charge in [-0.25, -0.2) is 0 Å². The quantitative estimate of drug-likeness (QED) is 0.525. The normalized spacial score (nSPS) is 9.08. The van der Waals surface area contributed by atoms with Crippen LogP contribution in [0.3, 0.4) is 0 Å². The zero-order valence-electron chi connectivity index (χ0n) is 6.99. The van der Waals surface area contributed by atoms with E-state index in [1.807, 2.05) is 6.07 Å². The molecule has 4 nitrogen and oxygen atoms in total. The van der Waals surface area contributed by atoms with Gasteiger partial charge in [-0.3, -0.25) is 0 Å². The second-order valence-corrected chi connectivity index (χ2v) is 2.09.